The van der Waals surface area contributed by atoms with E-state index in [9.17, 15) is 0 Å². The molecule has 0 aliphatic carbocycles. The standard InChI is InChI=1S/C14H17N3/c1-11-3-2-4-12(9-11)7-8-16-13-5-6-14(15)17-10-13/h2-6,9-10,16H,7-8H2,1H3,(H2,15,17). The maximum absolute atomic E-state index is 5.52. The van der Waals surface area contributed by atoms with Gasteiger partial charge in [-0.2, -0.15) is 0 Å². The number of nitrogens with zero attached hydrogens (tertiary/aromatic N) is 1. The molecule has 0 saturated carbocycles. The molecular weight excluding hydrogens is 210 g/mol. The van der Waals surface area contributed by atoms with Crippen molar-refractivity contribution in [2.45, 2.75) is 13.3 Å². The van der Waals surface area contributed by atoms with Crippen LogP contribution in [0.25, 0.3) is 0 Å². The molecule has 0 spiro atoms. The van der Waals surface area contributed by atoms with Crippen LogP contribution in [0.2, 0.25) is 0 Å². The van der Waals surface area contributed by atoms with Gasteiger partial charge in [0, 0.05) is 6.54 Å². The Bertz CT molecular complexity index is 477. The fourth-order valence-corrected chi connectivity index (χ4v) is 1.73. The van der Waals surface area contributed by atoms with Crippen molar-refractivity contribution in [3.8, 4) is 0 Å². The lowest BCUT2D eigenvalue weighted by Crippen LogP contribution is -2.05. The number of nitrogens with two attached hydrogens (primary N) is 1. The highest BCUT2D eigenvalue weighted by atomic mass is 14.9. The number of nitrogens with one attached hydrogen (secondary N) is 1. The van der Waals surface area contributed by atoms with Crippen LogP contribution in [0.1, 0.15) is 11.1 Å². The van der Waals surface area contributed by atoms with Crippen molar-refractivity contribution in [3.05, 3.63) is 53.7 Å². The third-order valence-electron chi connectivity index (χ3n) is 2.61. The first-order valence-electron chi connectivity index (χ1n) is 5.75. The zero-order valence-corrected chi connectivity index (χ0v) is 9.98. The SMILES string of the molecule is Cc1cccc(CCNc2ccc(N)nc2)c1. The second-order valence-electron chi connectivity index (χ2n) is 4.14. The summed E-state index contributed by atoms with van der Waals surface area (Å²) in [6.07, 6.45) is 2.76. The van der Waals surface area contributed by atoms with Gasteiger partial charge in [0.2, 0.25) is 0 Å². The molecular formula is C14H17N3. The normalized spacial score (nSPS) is 10.2. The lowest BCUT2D eigenvalue weighted by molar-refractivity contribution is 1.01. The lowest BCUT2D eigenvalue weighted by atomic mass is 10.1. The average Bonchev–Trinajstić information content (AvgIpc) is 2.32. The van der Waals surface area contributed by atoms with E-state index in [2.05, 4.69) is 41.5 Å². The summed E-state index contributed by atoms with van der Waals surface area (Å²) < 4.78 is 0. The van der Waals surface area contributed by atoms with Crippen molar-refractivity contribution in [2.75, 3.05) is 17.6 Å². The number of hydrogen-bond acceptors (Lipinski definition) is 3. The van der Waals surface area contributed by atoms with Crippen molar-refractivity contribution in [1.29, 1.82) is 0 Å². The predicted octanol–water partition coefficient (Wildman–Crippen LogP) is 2.63. The summed E-state index contributed by atoms with van der Waals surface area (Å²) >= 11 is 0. The van der Waals surface area contributed by atoms with E-state index in [-0.39, 0.29) is 0 Å². The van der Waals surface area contributed by atoms with Crippen LogP contribution < -0.4 is 11.1 Å². The van der Waals surface area contributed by atoms with Gasteiger partial charge in [-0.3, -0.25) is 0 Å². The molecule has 17 heavy (non-hydrogen) atoms. The van der Waals surface area contributed by atoms with E-state index in [0.717, 1.165) is 18.7 Å². The Hall–Kier alpha value is -2.03. The fourth-order valence-electron chi connectivity index (χ4n) is 1.73. The first-order valence-corrected chi connectivity index (χ1v) is 5.75. The van der Waals surface area contributed by atoms with Crippen molar-refractivity contribution < 1.29 is 0 Å². The fraction of sp³-hybridized carbons (Fsp3) is 0.214. The minimum absolute atomic E-state index is 0.550. The molecule has 0 unspecified atom stereocenters. The van der Waals surface area contributed by atoms with Gasteiger partial charge in [0.25, 0.3) is 0 Å². The molecule has 1 aromatic heterocycles. The molecule has 1 aromatic carbocycles. The molecule has 0 amide bonds. The number of anilines is 2. The van der Waals surface area contributed by atoms with Gasteiger partial charge in [0.15, 0.2) is 0 Å². The highest BCUT2D eigenvalue weighted by Crippen LogP contribution is 2.08. The smallest absolute Gasteiger partial charge is 0.123 e. The first kappa shape index (κ1) is 11.5. The van der Waals surface area contributed by atoms with Crippen molar-refractivity contribution in [1.82, 2.24) is 4.98 Å². The molecule has 3 nitrogen and oxygen atoms in total. The molecule has 0 radical (unpaired) electrons. The largest absolute Gasteiger partial charge is 0.384 e. The van der Waals surface area contributed by atoms with Crippen LogP contribution in [0, 0.1) is 6.92 Å². The van der Waals surface area contributed by atoms with Crippen LogP contribution in [-0.4, -0.2) is 11.5 Å². The zero-order valence-electron chi connectivity index (χ0n) is 9.98. The van der Waals surface area contributed by atoms with E-state index < -0.39 is 0 Å². The van der Waals surface area contributed by atoms with Crippen LogP contribution in [0.15, 0.2) is 42.6 Å². The van der Waals surface area contributed by atoms with Gasteiger partial charge in [0.05, 0.1) is 11.9 Å². The van der Waals surface area contributed by atoms with Gasteiger partial charge in [-0.1, -0.05) is 29.8 Å². The van der Waals surface area contributed by atoms with Crippen molar-refractivity contribution >= 4 is 11.5 Å². The molecule has 0 bridgehead atoms. The van der Waals surface area contributed by atoms with Gasteiger partial charge in [-0.15, -0.1) is 0 Å². The van der Waals surface area contributed by atoms with Crippen molar-refractivity contribution in [2.24, 2.45) is 0 Å². The molecule has 0 aliphatic rings. The summed E-state index contributed by atoms with van der Waals surface area (Å²) in [5, 5.41) is 3.32. The molecule has 88 valence electrons. The summed E-state index contributed by atoms with van der Waals surface area (Å²) in [7, 11) is 0. The Balaban J connectivity index is 1.85. The highest BCUT2D eigenvalue weighted by Gasteiger charge is 1.95. The van der Waals surface area contributed by atoms with Crippen LogP contribution in [-0.2, 0) is 6.42 Å². The lowest BCUT2D eigenvalue weighted by Gasteiger charge is -2.06. The molecule has 3 N–H and O–H groups in total. The third-order valence-corrected chi connectivity index (χ3v) is 2.61. The topological polar surface area (TPSA) is 50.9 Å². The minimum Gasteiger partial charge on any atom is -0.384 e. The molecule has 0 atom stereocenters. The number of rotatable bonds is 4. The predicted molar refractivity (Wildman–Crippen MR) is 72.0 cm³/mol. The monoisotopic (exact) mass is 227 g/mol. The number of aromatic nitrogens is 1. The van der Waals surface area contributed by atoms with Gasteiger partial charge in [-0.25, -0.2) is 4.98 Å². The molecule has 0 aliphatic heterocycles. The molecule has 2 aromatic rings. The van der Waals surface area contributed by atoms with Gasteiger partial charge < -0.3 is 11.1 Å². The van der Waals surface area contributed by atoms with Gasteiger partial charge in [0.1, 0.15) is 5.82 Å². The minimum atomic E-state index is 0.550. The zero-order chi connectivity index (χ0) is 12.1. The van der Waals surface area contributed by atoms with Gasteiger partial charge >= 0.3 is 0 Å². The molecule has 1 heterocycles. The van der Waals surface area contributed by atoms with Crippen LogP contribution >= 0.6 is 0 Å². The maximum Gasteiger partial charge on any atom is 0.123 e. The molecule has 2 rings (SSSR count). The van der Waals surface area contributed by atoms with E-state index in [0.29, 0.717) is 5.82 Å². The Kier molecular flexibility index (Phi) is 3.60. The second-order valence-corrected chi connectivity index (χ2v) is 4.14. The number of pyridine rings is 1. The Morgan fingerprint density at radius 3 is 2.82 bits per heavy atom. The van der Waals surface area contributed by atoms with Crippen LogP contribution in [0.4, 0.5) is 11.5 Å². The quantitative estimate of drug-likeness (QED) is 0.844. The maximum atomic E-state index is 5.52. The number of benzene rings is 1. The van der Waals surface area contributed by atoms with E-state index in [4.69, 9.17) is 5.73 Å². The summed E-state index contributed by atoms with van der Waals surface area (Å²) in [4.78, 5) is 4.03. The average molecular weight is 227 g/mol. The summed E-state index contributed by atoms with van der Waals surface area (Å²) in [5.41, 5.74) is 9.18. The molecule has 3 heteroatoms. The molecule has 0 saturated heterocycles. The number of hydrogen-bond donors (Lipinski definition) is 2. The van der Waals surface area contributed by atoms with Crippen LogP contribution in [0.5, 0.6) is 0 Å². The third kappa shape index (κ3) is 3.48. The summed E-state index contributed by atoms with van der Waals surface area (Å²) in [6.45, 7) is 3.01. The Labute approximate surface area is 102 Å². The number of aryl methyl sites for hydroxylation is 1. The summed E-state index contributed by atoms with van der Waals surface area (Å²) in [5.74, 6) is 0.550. The summed E-state index contributed by atoms with van der Waals surface area (Å²) in [6, 6.07) is 12.3. The van der Waals surface area contributed by atoms with Crippen LogP contribution in [0.3, 0.4) is 0 Å². The van der Waals surface area contributed by atoms with E-state index in [1.54, 1.807) is 12.3 Å². The highest BCUT2D eigenvalue weighted by molar-refractivity contribution is 5.45. The Morgan fingerprint density at radius 2 is 2.12 bits per heavy atom. The van der Waals surface area contributed by atoms with E-state index in [1.807, 2.05) is 6.07 Å². The van der Waals surface area contributed by atoms with E-state index >= 15 is 0 Å². The van der Waals surface area contributed by atoms with E-state index in [1.165, 1.54) is 11.1 Å². The first-order chi connectivity index (χ1) is 8.24. The second kappa shape index (κ2) is 5.34. The van der Waals surface area contributed by atoms with Crippen molar-refractivity contribution in [3.63, 3.8) is 0 Å². The number of nitrogen functional groups attached to an aromatic ring is 1. The van der Waals surface area contributed by atoms with Gasteiger partial charge in [-0.05, 0) is 31.0 Å². The Morgan fingerprint density at radius 1 is 1.24 bits per heavy atom. The molecule has 0 fully saturated rings.